The fourth-order valence-corrected chi connectivity index (χ4v) is 1.87. The average molecular weight is 313 g/mol. The minimum atomic E-state index is -0.458. The van der Waals surface area contributed by atoms with E-state index < -0.39 is 4.92 Å². The van der Waals surface area contributed by atoms with Gasteiger partial charge >= 0.3 is 5.69 Å². The van der Waals surface area contributed by atoms with Crippen molar-refractivity contribution in [2.24, 2.45) is 0 Å². The highest BCUT2D eigenvalue weighted by Gasteiger charge is 2.26. The lowest BCUT2D eigenvalue weighted by atomic mass is 10.3. The van der Waals surface area contributed by atoms with Crippen LogP contribution in [-0.4, -0.2) is 62.0 Å². The first-order valence-electron chi connectivity index (χ1n) is 7.11. The fraction of sp³-hybridized carbons (Fsp3) is 0.692. The fourth-order valence-electron chi connectivity index (χ4n) is 1.87. The molecule has 0 amide bonds. The van der Waals surface area contributed by atoms with E-state index in [0.717, 1.165) is 6.42 Å². The predicted molar refractivity (Wildman–Crippen MR) is 83.4 cm³/mol. The van der Waals surface area contributed by atoms with Crippen LogP contribution in [-0.2, 0) is 9.47 Å². The number of nitro groups is 1. The van der Waals surface area contributed by atoms with Crippen LogP contribution in [0.2, 0.25) is 0 Å². The summed E-state index contributed by atoms with van der Waals surface area (Å²) in [7, 11) is 3.16. The SMILES string of the molecule is CCCNc1ncnc(N(CCOC)CCOC)c1[N+](=O)[O-]. The molecule has 0 radical (unpaired) electrons. The van der Waals surface area contributed by atoms with Crippen LogP contribution in [0.15, 0.2) is 6.33 Å². The first-order chi connectivity index (χ1) is 10.7. The third-order valence-corrected chi connectivity index (χ3v) is 2.96. The maximum absolute atomic E-state index is 11.5. The summed E-state index contributed by atoms with van der Waals surface area (Å²) in [4.78, 5) is 20.8. The number of rotatable bonds is 11. The zero-order valence-electron chi connectivity index (χ0n) is 13.2. The third kappa shape index (κ3) is 5.08. The Bertz CT molecular complexity index is 464. The number of aromatic nitrogens is 2. The Morgan fingerprint density at radius 3 is 2.41 bits per heavy atom. The van der Waals surface area contributed by atoms with E-state index in [2.05, 4.69) is 15.3 Å². The molecule has 1 rings (SSSR count). The standard InChI is InChI=1S/C13H23N5O4/c1-4-5-14-12-11(18(19)20)13(16-10-15-12)17(6-8-21-2)7-9-22-3/h10H,4-9H2,1-3H3,(H,14,15,16). The van der Waals surface area contributed by atoms with Crippen LogP contribution in [0.25, 0.3) is 0 Å². The number of hydrogen-bond acceptors (Lipinski definition) is 8. The molecule has 0 bridgehead atoms. The highest BCUT2D eigenvalue weighted by molar-refractivity contribution is 5.70. The molecule has 124 valence electrons. The zero-order valence-corrected chi connectivity index (χ0v) is 13.2. The predicted octanol–water partition coefficient (Wildman–Crippen LogP) is 1.31. The van der Waals surface area contributed by atoms with E-state index in [-0.39, 0.29) is 17.3 Å². The van der Waals surface area contributed by atoms with Gasteiger partial charge in [-0.2, -0.15) is 0 Å². The molecule has 0 saturated carbocycles. The molecular formula is C13H23N5O4. The number of nitrogens with one attached hydrogen (secondary N) is 1. The Labute approximate surface area is 129 Å². The summed E-state index contributed by atoms with van der Waals surface area (Å²) < 4.78 is 10.1. The molecule has 0 aliphatic rings. The van der Waals surface area contributed by atoms with Crippen LogP contribution < -0.4 is 10.2 Å². The van der Waals surface area contributed by atoms with Crippen molar-refractivity contribution in [2.45, 2.75) is 13.3 Å². The van der Waals surface area contributed by atoms with Gasteiger partial charge in [0.05, 0.1) is 18.1 Å². The summed E-state index contributed by atoms with van der Waals surface area (Å²) in [6.45, 7) is 4.40. The van der Waals surface area contributed by atoms with Crippen molar-refractivity contribution >= 4 is 17.3 Å². The Morgan fingerprint density at radius 1 is 1.27 bits per heavy atom. The van der Waals surface area contributed by atoms with Gasteiger partial charge in [0.1, 0.15) is 6.33 Å². The van der Waals surface area contributed by atoms with Crippen LogP contribution in [0.1, 0.15) is 13.3 Å². The maximum Gasteiger partial charge on any atom is 0.353 e. The molecular weight excluding hydrogens is 290 g/mol. The molecule has 1 aromatic rings. The topological polar surface area (TPSA) is 103 Å². The molecule has 1 heterocycles. The summed E-state index contributed by atoms with van der Waals surface area (Å²) in [6, 6.07) is 0. The number of ether oxygens (including phenoxy) is 2. The Hall–Kier alpha value is -2.00. The third-order valence-electron chi connectivity index (χ3n) is 2.96. The van der Waals surface area contributed by atoms with Gasteiger partial charge in [0.2, 0.25) is 11.6 Å². The van der Waals surface area contributed by atoms with E-state index in [1.165, 1.54) is 6.33 Å². The second-order valence-corrected chi connectivity index (χ2v) is 4.55. The second kappa shape index (κ2) is 9.85. The molecule has 22 heavy (non-hydrogen) atoms. The Balaban J connectivity index is 3.13. The van der Waals surface area contributed by atoms with Gasteiger partial charge in [-0.25, -0.2) is 9.97 Å². The molecule has 0 fully saturated rings. The van der Waals surface area contributed by atoms with Gasteiger partial charge in [-0.05, 0) is 6.42 Å². The average Bonchev–Trinajstić information content (AvgIpc) is 2.52. The summed E-state index contributed by atoms with van der Waals surface area (Å²) in [5.41, 5.74) is -0.122. The summed E-state index contributed by atoms with van der Waals surface area (Å²) in [5.74, 6) is 0.504. The van der Waals surface area contributed by atoms with E-state index >= 15 is 0 Å². The quantitative estimate of drug-likeness (QED) is 0.482. The van der Waals surface area contributed by atoms with Gasteiger partial charge in [0.25, 0.3) is 0 Å². The monoisotopic (exact) mass is 313 g/mol. The molecule has 9 nitrogen and oxygen atoms in total. The molecule has 1 N–H and O–H groups in total. The highest BCUT2D eigenvalue weighted by Crippen LogP contribution is 2.31. The first-order valence-corrected chi connectivity index (χ1v) is 7.11. The van der Waals surface area contributed by atoms with Gasteiger partial charge in [-0.3, -0.25) is 10.1 Å². The van der Waals surface area contributed by atoms with Crippen LogP contribution in [0.3, 0.4) is 0 Å². The lowest BCUT2D eigenvalue weighted by Crippen LogP contribution is -2.32. The first kappa shape index (κ1) is 18.1. The molecule has 0 saturated heterocycles. The van der Waals surface area contributed by atoms with Crippen molar-refractivity contribution < 1.29 is 14.4 Å². The maximum atomic E-state index is 11.5. The minimum absolute atomic E-state index is 0.122. The number of hydrogen-bond donors (Lipinski definition) is 1. The summed E-state index contributed by atoms with van der Waals surface area (Å²) in [6.07, 6.45) is 2.17. The van der Waals surface area contributed by atoms with Crippen molar-refractivity contribution in [3.8, 4) is 0 Å². The molecule has 0 unspecified atom stereocenters. The molecule has 0 aliphatic heterocycles. The molecule has 0 atom stereocenters. The van der Waals surface area contributed by atoms with Crippen molar-refractivity contribution in [3.05, 3.63) is 16.4 Å². The van der Waals surface area contributed by atoms with Crippen molar-refractivity contribution in [2.75, 3.05) is 57.3 Å². The normalized spacial score (nSPS) is 10.5. The van der Waals surface area contributed by atoms with Crippen molar-refractivity contribution in [1.82, 2.24) is 9.97 Å². The van der Waals surface area contributed by atoms with E-state index in [1.54, 1.807) is 19.1 Å². The molecule has 1 aromatic heterocycles. The lowest BCUT2D eigenvalue weighted by molar-refractivity contribution is -0.383. The lowest BCUT2D eigenvalue weighted by Gasteiger charge is -2.23. The highest BCUT2D eigenvalue weighted by atomic mass is 16.6. The molecule has 0 aromatic carbocycles. The Morgan fingerprint density at radius 2 is 1.91 bits per heavy atom. The van der Waals surface area contributed by atoms with Gasteiger partial charge < -0.3 is 19.7 Å². The van der Waals surface area contributed by atoms with E-state index in [9.17, 15) is 10.1 Å². The number of anilines is 2. The van der Waals surface area contributed by atoms with E-state index in [4.69, 9.17) is 9.47 Å². The molecule has 0 aliphatic carbocycles. The van der Waals surface area contributed by atoms with Crippen molar-refractivity contribution in [1.29, 1.82) is 0 Å². The van der Waals surface area contributed by atoms with Crippen LogP contribution in [0.4, 0.5) is 17.3 Å². The smallest absolute Gasteiger partial charge is 0.353 e. The Kier molecular flexibility index (Phi) is 8.08. The van der Waals surface area contributed by atoms with Crippen LogP contribution in [0.5, 0.6) is 0 Å². The van der Waals surface area contributed by atoms with Crippen LogP contribution >= 0.6 is 0 Å². The number of nitrogens with zero attached hydrogens (tertiary/aromatic N) is 4. The van der Waals surface area contributed by atoms with Crippen molar-refractivity contribution in [3.63, 3.8) is 0 Å². The molecule has 9 heteroatoms. The van der Waals surface area contributed by atoms with Gasteiger partial charge in [-0.15, -0.1) is 0 Å². The molecule has 0 spiro atoms. The minimum Gasteiger partial charge on any atom is -0.383 e. The number of methoxy groups -OCH3 is 2. The largest absolute Gasteiger partial charge is 0.383 e. The summed E-state index contributed by atoms with van der Waals surface area (Å²) in [5, 5.41) is 14.4. The van der Waals surface area contributed by atoms with E-state index in [0.29, 0.717) is 32.8 Å². The van der Waals surface area contributed by atoms with Crippen LogP contribution in [0, 0.1) is 10.1 Å². The summed E-state index contributed by atoms with van der Waals surface area (Å²) >= 11 is 0. The van der Waals surface area contributed by atoms with Gasteiger partial charge in [-0.1, -0.05) is 6.92 Å². The van der Waals surface area contributed by atoms with Gasteiger partial charge in [0.15, 0.2) is 0 Å². The zero-order chi connectivity index (χ0) is 16.4. The van der Waals surface area contributed by atoms with Gasteiger partial charge in [0, 0.05) is 33.9 Å². The second-order valence-electron chi connectivity index (χ2n) is 4.55. The van der Waals surface area contributed by atoms with E-state index in [1.807, 2.05) is 6.92 Å².